The standard InChI is InChI=1S/C15H20N2O/c1-15(2,3)11-5-6-14-13(9-11)17(4)12(7-8-16)10-18-14/h5-6,9,12H,7,10H2,1-4H3. The average molecular weight is 244 g/mol. The predicted octanol–water partition coefficient (Wildman–Crippen LogP) is 3.09. The normalized spacial score (nSPS) is 18.8. The Labute approximate surface area is 109 Å². The van der Waals surface area contributed by atoms with Gasteiger partial charge in [-0.15, -0.1) is 0 Å². The van der Waals surface area contributed by atoms with Gasteiger partial charge < -0.3 is 9.64 Å². The van der Waals surface area contributed by atoms with E-state index in [2.05, 4.69) is 43.9 Å². The number of rotatable bonds is 1. The molecule has 96 valence electrons. The Bertz CT molecular complexity index is 482. The number of fused-ring (bicyclic) bond motifs is 1. The number of hydrogen-bond donors (Lipinski definition) is 0. The third-order valence-corrected chi connectivity index (χ3v) is 3.51. The highest BCUT2D eigenvalue weighted by molar-refractivity contribution is 5.62. The van der Waals surface area contributed by atoms with Crippen molar-refractivity contribution in [1.82, 2.24) is 0 Å². The Hall–Kier alpha value is -1.69. The molecule has 0 aromatic heterocycles. The summed E-state index contributed by atoms with van der Waals surface area (Å²) in [7, 11) is 2.04. The van der Waals surface area contributed by atoms with Crippen molar-refractivity contribution < 1.29 is 4.74 Å². The van der Waals surface area contributed by atoms with Crippen molar-refractivity contribution >= 4 is 5.69 Å². The Morgan fingerprint density at radius 3 is 2.78 bits per heavy atom. The summed E-state index contributed by atoms with van der Waals surface area (Å²) in [5.74, 6) is 0.916. The number of nitrogens with zero attached hydrogens (tertiary/aromatic N) is 2. The van der Waals surface area contributed by atoms with E-state index in [4.69, 9.17) is 10.00 Å². The van der Waals surface area contributed by atoms with Crippen molar-refractivity contribution in [3.8, 4) is 11.8 Å². The molecule has 0 N–H and O–H groups in total. The van der Waals surface area contributed by atoms with Gasteiger partial charge in [-0.25, -0.2) is 0 Å². The van der Waals surface area contributed by atoms with Crippen LogP contribution in [0, 0.1) is 11.3 Å². The van der Waals surface area contributed by atoms with E-state index < -0.39 is 0 Å². The minimum absolute atomic E-state index is 0.123. The molecule has 0 aliphatic carbocycles. The monoisotopic (exact) mass is 244 g/mol. The molecule has 0 radical (unpaired) electrons. The van der Waals surface area contributed by atoms with Gasteiger partial charge in [0.15, 0.2) is 0 Å². The zero-order valence-corrected chi connectivity index (χ0v) is 11.5. The summed E-state index contributed by atoms with van der Waals surface area (Å²) in [5, 5.41) is 8.84. The van der Waals surface area contributed by atoms with Crippen LogP contribution in [0.25, 0.3) is 0 Å². The largest absolute Gasteiger partial charge is 0.489 e. The van der Waals surface area contributed by atoms with E-state index in [1.807, 2.05) is 13.1 Å². The van der Waals surface area contributed by atoms with Crippen molar-refractivity contribution in [2.45, 2.75) is 38.6 Å². The lowest BCUT2D eigenvalue weighted by atomic mass is 9.86. The number of anilines is 1. The Morgan fingerprint density at radius 1 is 1.44 bits per heavy atom. The molecule has 0 saturated heterocycles. The van der Waals surface area contributed by atoms with E-state index in [9.17, 15) is 0 Å². The molecule has 0 bridgehead atoms. The number of likely N-dealkylation sites (N-methyl/N-ethyl adjacent to an activating group) is 1. The zero-order valence-electron chi connectivity index (χ0n) is 11.5. The summed E-state index contributed by atoms with van der Waals surface area (Å²) >= 11 is 0. The van der Waals surface area contributed by atoms with E-state index in [1.165, 1.54) is 5.56 Å². The summed E-state index contributed by atoms with van der Waals surface area (Å²) in [5.41, 5.74) is 2.50. The smallest absolute Gasteiger partial charge is 0.142 e. The van der Waals surface area contributed by atoms with Gasteiger partial charge in [-0.2, -0.15) is 5.26 Å². The Balaban J connectivity index is 2.37. The Morgan fingerprint density at radius 2 is 2.17 bits per heavy atom. The molecule has 18 heavy (non-hydrogen) atoms. The zero-order chi connectivity index (χ0) is 13.3. The van der Waals surface area contributed by atoms with Gasteiger partial charge >= 0.3 is 0 Å². The van der Waals surface area contributed by atoms with Crippen LogP contribution in [0.2, 0.25) is 0 Å². The van der Waals surface area contributed by atoms with Crippen molar-refractivity contribution in [1.29, 1.82) is 5.26 Å². The van der Waals surface area contributed by atoms with Gasteiger partial charge in [-0.1, -0.05) is 26.8 Å². The topological polar surface area (TPSA) is 36.3 Å². The molecule has 2 rings (SSSR count). The van der Waals surface area contributed by atoms with Crippen LogP contribution in [0.4, 0.5) is 5.69 Å². The van der Waals surface area contributed by atoms with Crippen LogP contribution in [0.3, 0.4) is 0 Å². The molecular formula is C15H20N2O. The third-order valence-electron chi connectivity index (χ3n) is 3.51. The van der Waals surface area contributed by atoms with Crippen molar-refractivity contribution in [2.75, 3.05) is 18.6 Å². The summed E-state index contributed by atoms with van der Waals surface area (Å²) < 4.78 is 5.73. The molecule has 3 nitrogen and oxygen atoms in total. The first-order valence-corrected chi connectivity index (χ1v) is 6.30. The first-order chi connectivity index (χ1) is 8.43. The van der Waals surface area contributed by atoms with Crippen LogP contribution < -0.4 is 9.64 Å². The van der Waals surface area contributed by atoms with Gasteiger partial charge in [0.25, 0.3) is 0 Å². The highest BCUT2D eigenvalue weighted by atomic mass is 16.5. The molecular weight excluding hydrogens is 224 g/mol. The molecule has 0 amide bonds. The predicted molar refractivity (Wildman–Crippen MR) is 73.1 cm³/mol. The first kappa shape index (κ1) is 12.8. The molecule has 1 aromatic rings. The highest BCUT2D eigenvalue weighted by Crippen LogP contribution is 2.37. The second-order valence-electron chi connectivity index (χ2n) is 5.87. The van der Waals surface area contributed by atoms with Gasteiger partial charge in [0.1, 0.15) is 12.4 Å². The number of benzene rings is 1. The van der Waals surface area contributed by atoms with Crippen LogP contribution in [-0.2, 0) is 5.41 Å². The second kappa shape index (κ2) is 4.53. The van der Waals surface area contributed by atoms with Crippen LogP contribution >= 0.6 is 0 Å². The van der Waals surface area contributed by atoms with Crippen molar-refractivity contribution in [3.63, 3.8) is 0 Å². The SMILES string of the molecule is CN1c2cc(C(C)(C)C)ccc2OCC1CC#N. The van der Waals surface area contributed by atoms with E-state index >= 15 is 0 Å². The highest BCUT2D eigenvalue weighted by Gasteiger charge is 2.26. The summed E-state index contributed by atoms with van der Waals surface area (Å²) in [6, 6.07) is 8.71. The molecule has 1 heterocycles. The molecule has 1 atom stereocenters. The minimum atomic E-state index is 0.123. The average Bonchev–Trinajstić information content (AvgIpc) is 2.31. The molecule has 0 fully saturated rings. The van der Waals surface area contributed by atoms with Gasteiger partial charge in [0, 0.05) is 7.05 Å². The first-order valence-electron chi connectivity index (χ1n) is 6.30. The lowest BCUT2D eigenvalue weighted by Crippen LogP contribution is -2.40. The number of hydrogen-bond acceptors (Lipinski definition) is 3. The number of nitriles is 1. The fourth-order valence-electron chi connectivity index (χ4n) is 2.18. The van der Waals surface area contributed by atoms with Gasteiger partial charge in [0.2, 0.25) is 0 Å². The molecule has 3 heteroatoms. The minimum Gasteiger partial charge on any atom is -0.489 e. The van der Waals surface area contributed by atoms with Crippen molar-refractivity contribution in [2.24, 2.45) is 0 Å². The van der Waals surface area contributed by atoms with Gasteiger partial charge in [-0.05, 0) is 23.1 Å². The maximum atomic E-state index is 8.84. The third kappa shape index (κ3) is 2.28. The molecule has 1 unspecified atom stereocenters. The van der Waals surface area contributed by atoms with E-state index in [0.717, 1.165) is 11.4 Å². The van der Waals surface area contributed by atoms with Crippen LogP contribution in [0.15, 0.2) is 18.2 Å². The van der Waals surface area contributed by atoms with E-state index in [0.29, 0.717) is 13.0 Å². The molecule has 0 spiro atoms. The van der Waals surface area contributed by atoms with Crippen LogP contribution in [0.5, 0.6) is 5.75 Å². The fraction of sp³-hybridized carbons (Fsp3) is 0.533. The molecule has 1 aliphatic heterocycles. The maximum Gasteiger partial charge on any atom is 0.142 e. The quantitative estimate of drug-likeness (QED) is 0.761. The summed E-state index contributed by atoms with van der Waals surface area (Å²) in [6.07, 6.45) is 0.496. The second-order valence-corrected chi connectivity index (χ2v) is 5.87. The van der Waals surface area contributed by atoms with Crippen LogP contribution in [0.1, 0.15) is 32.8 Å². The Kier molecular flexibility index (Phi) is 3.21. The van der Waals surface area contributed by atoms with Crippen LogP contribution in [-0.4, -0.2) is 19.7 Å². The van der Waals surface area contributed by atoms with Gasteiger partial charge in [0.05, 0.1) is 24.2 Å². The summed E-state index contributed by atoms with van der Waals surface area (Å²) in [4.78, 5) is 2.16. The maximum absolute atomic E-state index is 8.84. The number of ether oxygens (including phenoxy) is 1. The summed E-state index contributed by atoms with van der Waals surface area (Å²) in [6.45, 7) is 7.19. The van der Waals surface area contributed by atoms with E-state index in [-0.39, 0.29) is 11.5 Å². The van der Waals surface area contributed by atoms with Gasteiger partial charge in [-0.3, -0.25) is 0 Å². The molecule has 0 saturated carbocycles. The fourth-order valence-corrected chi connectivity index (χ4v) is 2.18. The van der Waals surface area contributed by atoms with E-state index in [1.54, 1.807) is 0 Å². The lowest BCUT2D eigenvalue weighted by Gasteiger charge is -2.35. The lowest BCUT2D eigenvalue weighted by molar-refractivity contribution is 0.268. The molecule has 1 aliphatic rings. The van der Waals surface area contributed by atoms with Crippen molar-refractivity contribution in [3.05, 3.63) is 23.8 Å². The molecule has 1 aromatic carbocycles.